The fourth-order valence-corrected chi connectivity index (χ4v) is 4.41. The zero-order chi connectivity index (χ0) is 19.5. The molecule has 0 fully saturated rings. The fourth-order valence-electron chi connectivity index (χ4n) is 3.36. The largest absolute Gasteiger partial charge is 0.309 e. The molecular formula is C23H23N3OS. The van der Waals surface area contributed by atoms with Crippen LogP contribution in [0, 0.1) is 6.92 Å². The van der Waals surface area contributed by atoms with Gasteiger partial charge in [0.05, 0.1) is 11.9 Å². The number of hydrogen-bond acceptors (Lipinski definition) is 4. The summed E-state index contributed by atoms with van der Waals surface area (Å²) in [7, 11) is 0. The number of thiophene rings is 1. The molecule has 4 nitrogen and oxygen atoms in total. The molecule has 0 atom stereocenters. The topological polar surface area (TPSA) is 49.0 Å². The number of aromatic amines is 1. The molecule has 0 amide bonds. The number of nitrogens with zero attached hydrogens (tertiary/aromatic N) is 2. The minimum Gasteiger partial charge on any atom is -0.309 e. The molecule has 0 aliphatic rings. The van der Waals surface area contributed by atoms with Crippen LogP contribution in [0.3, 0.4) is 0 Å². The fraction of sp³-hybridized carbons (Fsp3) is 0.217. The molecule has 1 N–H and O–H groups in total. The van der Waals surface area contributed by atoms with Crippen LogP contribution in [0.5, 0.6) is 0 Å². The van der Waals surface area contributed by atoms with Crippen LogP contribution in [-0.4, -0.2) is 21.4 Å². The third kappa shape index (κ3) is 4.06. The number of rotatable bonds is 6. The van der Waals surface area contributed by atoms with E-state index >= 15 is 0 Å². The Morgan fingerprint density at radius 3 is 2.61 bits per heavy atom. The van der Waals surface area contributed by atoms with Crippen molar-refractivity contribution >= 4 is 21.6 Å². The highest BCUT2D eigenvalue weighted by molar-refractivity contribution is 7.21. The van der Waals surface area contributed by atoms with Gasteiger partial charge in [-0.05, 0) is 30.7 Å². The standard InChI is InChI=1S/C23H23N3OS/c1-3-26(14-17-9-7-8-16(2)12-17)15-21-24-22(27)19-13-20(28-23(19)25-21)18-10-5-4-6-11-18/h4-13H,3,14-15H2,1-2H3,(H,24,25,27). The van der Waals surface area contributed by atoms with Crippen molar-refractivity contribution in [3.8, 4) is 10.4 Å². The van der Waals surface area contributed by atoms with Crippen LogP contribution < -0.4 is 5.56 Å². The molecule has 2 aromatic heterocycles. The van der Waals surface area contributed by atoms with Gasteiger partial charge in [-0.2, -0.15) is 0 Å². The average Bonchev–Trinajstić information content (AvgIpc) is 3.13. The molecule has 0 bridgehead atoms. The quantitative estimate of drug-likeness (QED) is 0.506. The van der Waals surface area contributed by atoms with Gasteiger partial charge in [0.2, 0.25) is 0 Å². The van der Waals surface area contributed by atoms with E-state index in [2.05, 4.69) is 60.1 Å². The number of nitrogens with one attached hydrogen (secondary N) is 1. The van der Waals surface area contributed by atoms with Crippen LogP contribution in [0.4, 0.5) is 0 Å². The van der Waals surface area contributed by atoms with Crippen molar-refractivity contribution in [2.24, 2.45) is 0 Å². The molecule has 0 aliphatic carbocycles. The Labute approximate surface area is 168 Å². The third-order valence-electron chi connectivity index (χ3n) is 4.82. The van der Waals surface area contributed by atoms with Gasteiger partial charge in [0.1, 0.15) is 10.7 Å². The van der Waals surface area contributed by atoms with Gasteiger partial charge in [-0.15, -0.1) is 11.3 Å². The maximum atomic E-state index is 12.6. The molecule has 0 saturated heterocycles. The van der Waals surface area contributed by atoms with Crippen molar-refractivity contribution in [1.82, 2.24) is 14.9 Å². The summed E-state index contributed by atoms with van der Waals surface area (Å²) in [5.74, 6) is 0.716. The van der Waals surface area contributed by atoms with Crippen LogP contribution in [0.15, 0.2) is 65.5 Å². The lowest BCUT2D eigenvalue weighted by Gasteiger charge is -2.20. The first kappa shape index (κ1) is 18.6. The zero-order valence-corrected chi connectivity index (χ0v) is 16.9. The molecule has 4 aromatic rings. The maximum absolute atomic E-state index is 12.6. The minimum absolute atomic E-state index is 0.0648. The highest BCUT2D eigenvalue weighted by Gasteiger charge is 2.12. The second-order valence-corrected chi connectivity index (χ2v) is 8.03. The summed E-state index contributed by atoms with van der Waals surface area (Å²) in [6.07, 6.45) is 0. The summed E-state index contributed by atoms with van der Waals surface area (Å²) in [4.78, 5) is 24.5. The second kappa shape index (κ2) is 8.09. The Morgan fingerprint density at radius 2 is 1.86 bits per heavy atom. The molecule has 142 valence electrons. The van der Waals surface area contributed by atoms with Crippen molar-refractivity contribution in [1.29, 1.82) is 0 Å². The van der Waals surface area contributed by atoms with Crippen LogP contribution >= 0.6 is 11.3 Å². The first-order valence-electron chi connectivity index (χ1n) is 9.48. The third-order valence-corrected chi connectivity index (χ3v) is 5.90. The number of aryl methyl sites for hydroxylation is 1. The van der Waals surface area contributed by atoms with Gasteiger partial charge in [-0.1, -0.05) is 67.1 Å². The van der Waals surface area contributed by atoms with Crippen molar-refractivity contribution < 1.29 is 0 Å². The molecule has 5 heteroatoms. The molecule has 2 heterocycles. The maximum Gasteiger partial charge on any atom is 0.259 e. The lowest BCUT2D eigenvalue weighted by molar-refractivity contribution is 0.264. The Hall–Kier alpha value is -2.76. The van der Waals surface area contributed by atoms with Gasteiger partial charge < -0.3 is 4.98 Å². The lowest BCUT2D eigenvalue weighted by atomic mass is 10.1. The van der Waals surface area contributed by atoms with Crippen molar-refractivity contribution in [2.45, 2.75) is 26.9 Å². The first-order valence-corrected chi connectivity index (χ1v) is 10.3. The molecule has 28 heavy (non-hydrogen) atoms. The zero-order valence-electron chi connectivity index (χ0n) is 16.1. The molecule has 0 radical (unpaired) electrons. The van der Waals surface area contributed by atoms with E-state index in [1.807, 2.05) is 24.3 Å². The number of hydrogen-bond donors (Lipinski definition) is 1. The SMILES string of the molecule is CCN(Cc1cccc(C)c1)Cc1nc2sc(-c3ccccc3)cc2c(=O)[nH]1. The highest BCUT2D eigenvalue weighted by atomic mass is 32.1. The van der Waals surface area contributed by atoms with E-state index in [1.165, 1.54) is 11.1 Å². The number of H-pyrrole nitrogens is 1. The summed E-state index contributed by atoms with van der Waals surface area (Å²) >= 11 is 1.57. The van der Waals surface area contributed by atoms with E-state index in [1.54, 1.807) is 11.3 Å². The van der Waals surface area contributed by atoms with E-state index < -0.39 is 0 Å². The number of fused-ring (bicyclic) bond motifs is 1. The Balaban J connectivity index is 1.60. The smallest absolute Gasteiger partial charge is 0.259 e. The van der Waals surface area contributed by atoms with E-state index in [0.717, 1.165) is 28.4 Å². The molecule has 0 spiro atoms. The Morgan fingerprint density at radius 1 is 1.04 bits per heavy atom. The highest BCUT2D eigenvalue weighted by Crippen LogP contribution is 2.30. The summed E-state index contributed by atoms with van der Waals surface area (Å²) in [6.45, 7) is 6.57. The Bertz CT molecular complexity index is 1150. The van der Waals surface area contributed by atoms with E-state index in [4.69, 9.17) is 4.98 Å². The number of aromatic nitrogens is 2. The summed E-state index contributed by atoms with van der Waals surface area (Å²) in [5.41, 5.74) is 3.58. The monoisotopic (exact) mass is 389 g/mol. The molecule has 0 saturated carbocycles. The predicted molar refractivity (Wildman–Crippen MR) is 117 cm³/mol. The van der Waals surface area contributed by atoms with Crippen LogP contribution in [0.2, 0.25) is 0 Å². The van der Waals surface area contributed by atoms with E-state index in [-0.39, 0.29) is 5.56 Å². The molecule has 2 aromatic carbocycles. The summed E-state index contributed by atoms with van der Waals surface area (Å²) in [6, 6.07) is 20.6. The van der Waals surface area contributed by atoms with Crippen LogP contribution in [-0.2, 0) is 13.1 Å². The van der Waals surface area contributed by atoms with Gasteiger partial charge in [-0.3, -0.25) is 9.69 Å². The van der Waals surface area contributed by atoms with Crippen LogP contribution in [0.25, 0.3) is 20.7 Å². The van der Waals surface area contributed by atoms with Crippen molar-refractivity contribution in [3.05, 3.63) is 88.0 Å². The van der Waals surface area contributed by atoms with Gasteiger partial charge in [0, 0.05) is 11.4 Å². The second-order valence-electron chi connectivity index (χ2n) is 7.00. The van der Waals surface area contributed by atoms with Gasteiger partial charge in [-0.25, -0.2) is 4.98 Å². The van der Waals surface area contributed by atoms with E-state index in [9.17, 15) is 4.79 Å². The molecule has 0 aliphatic heterocycles. The van der Waals surface area contributed by atoms with Crippen molar-refractivity contribution in [3.63, 3.8) is 0 Å². The molecule has 4 rings (SSSR count). The summed E-state index contributed by atoms with van der Waals surface area (Å²) < 4.78 is 0. The normalized spacial score (nSPS) is 11.4. The van der Waals surface area contributed by atoms with E-state index in [0.29, 0.717) is 17.8 Å². The summed E-state index contributed by atoms with van der Waals surface area (Å²) in [5, 5.41) is 0.661. The van der Waals surface area contributed by atoms with Gasteiger partial charge in [0.25, 0.3) is 5.56 Å². The van der Waals surface area contributed by atoms with Gasteiger partial charge >= 0.3 is 0 Å². The average molecular weight is 390 g/mol. The first-order chi connectivity index (χ1) is 13.6. The Kier molecular flexibility index (Phi) is 5.37. The molecular weight excluding hydrogens is 366 g/mol. The predicted octanol–water partition coefficient (Wildman–Crippen LogP) is 4.98. The molecule has 0 unspecified atom stereocenters. The minimum atomic E-state index is -0.0648. The lowest BCUT2D eigenvalue weighted by Crippen LogP contribution is -2.25. The van der Waals surface area contributed by atoms with Crippen LogP contribution in [0.1, 0.15) is 23.9 Å². The van der Waals surface area contributed by atoms with Gasteiger partial charge in [0.15, 0.2) is 0 Å². The number of benzene rings is 2. The van der Waals surface area contributed by atoms with Crippen molar-refractivity contribution in [2.75, 3.05) is 6.54 Å².